The van der Waals surface area contributed by atoms with Gasteiger partial charge >= 0.3 is 5.97 Å². The number of carbonyl (C=O) groups excluding carboxylic acids is 1. The lowest BCUT2D eigenvalue weighted by Crippen LogP contribution is -2.30. The van der Waals surface area contributed by atoms with Gasteiger partial charge in [0, 0.05) is 17.8 Å². The van der Waals surface area contributed by atoms with E-state index < -0.39 is 16.0 Å². The summed E-state index contributed by atoms with van der Waals surface area (Å²) in [4.78, 5) is 16.9. The zero-order valence-corrected chi connectivity index (χ0v) is 21.9. The normalized spacial score (nSPS) is 14.9. The van der Waals surface area contributed by atoms with E-state index in [1.807, 2.05) is 44.3 Å². The minimum atomic E-state index is -3.64. The molecule has 0 aliphatic heterocycles. The number of nitrogens with zero attached hydrogens (tertiary/aromatic N) is 2. The van der Waals surface area contributed by atoms with Gasteiger partial charge in [-0.2, -0.15) is 5.26 Å². The summed E-state index contributed by atoms with van der Waals surface area (Å²) in [6.07, 6.45) is 2.96. The van der Waals surface area contributed by atoms with E-state index in [1.54, 1.807) is 12.1 Å². The number of nitriles is 1. The molecule has 3 aromatic rings. The predicted molar refractivity (Wildman–Crippen MR) is 138 cm³/mol. The molecule has 1 aliphatic carbocycles. The first-order chi connectivity index (χ1) is 17.2. The monoisotopic (exact) mass is 525 g/mol. The van der Waals surface area contributed by atoms with Crippen molar-refractivity contribution in [1.29, 1.82) is 5.26 Å². The van der Waals surface area contributed by atoms with Crippen LogP contribution in [0.5, 0.6) is 5.75 Å². The molecule has 10 heteroatoms. The van der Waals surface area contributed by atoms with Crippen molar-refractivity contribution in [3.63, 3.8) is 0 Å². The maximum Gasteiger partial charge on any atom is 0.306 e. The summed E-state index contributed by atoms with van der Waals surface area (Å²) in [6, 6.07) is 13.2. The molecule has 188 valence electrons. The number of benzene rings is 2. The van der Waals surface area contributed by atoms with Gasteiger partial charge in [0.1, 0.15) is 16.8 Å². The number of thiazole rings is 1. The lowest BCUT2D eigenvalue weighted by Gasteiger charge is -2.15. The van der Waals surface area contributed by atoms with E-state index in [0.29, 0.717) is 17.7 Å². The van der Waals surface area contributed by atoms with Crippen LogP contribution < -0.4 is 9.46 Å². The number of esters is 1. The van der Waals surface area contributed by atoms with Gasteiger partial charge in [-0.1, -0.05) is 18.2 Å². The molecule has 0 saturated carbocycles. The van der Waals surface area contributed by atoms with Gasteiger partial charge in [0.05, 0.1) is 35.8 Å². The first-order valence-corrected chi connectivity index (χ1v) is 14.0. The molecular weight excluding hydrogens is 498 g/mol. The van der Waals surface area contributed by atoms with Crippen molar-refractivity contribution in [2.24, 2.45) is 0 Å². The minimum Gasteiger partial charge on any atom is -0.490 e. The number of methoxy groups -OCH3 is 1. The molecule has 1 aromatic heterocycles. The number of hydrogen-bond acceptors (Lipinski definition) is 8. The van der Waals surface area contributed by atoms with Crippen LogP contribution in [0.25, 0.3) is 21.0 Å². The molecule has 0 amide bonds. The van der Waals surface area contributed by atoms with Gasteiger partial charge in [0.2, 0.25) is 10.0 Å². The first kappa shape index (κ1) is 25.8. The largest absolute Gasteiger partial charge is 0.490 e. The number of ether oxygens (including phenoxy) is 2. The van der Waals surface area contributed by atoms with Crippen molar-refractivity contribution in [2.75, 3.05) is 12.9 Å². The van der Waals surface area contributed by atoms with Crippen molar-refractivity contribution in [3.8, 4) is 32.8 Å². The molecule has 2 aromatic carbocycles. The van der Waals surface area contributed by atoms with Crippen LogP contribution in [0.4, 0.5) is 0 Å². The number of nitrogens with one attached hydrogen (secondary N) is 1. The van der Waals surface area contributed by atoms with Crippen LogP contribution in [0.2, 0.25) is 0 Å². The number of hydrogen-bond donors (Lipinski definition) is 1. The SMILES string of the molecule is COC(=O)CCS(=O)(=O)NC1CCc2c(-c3cnc(-c4ccc(OC(C)C)c(C#N)c4)s3)cccc21. The fourth-order valence-electron chi connectivity index (χ4n) is 4.24. The Bertz CT molecular complexity index is 1420. The van der Waals surface area contributed by atoms with Gasteiger partial charge in [0.15, 0.2) is 0 Å². The molecular formula is C26H27N3O5S2. The molecule has 0 radical (unpaired) electrons. The van der Waals surface area contributed by atoms with E-state index in [4.69, 9.17) is 4.74 Å². The van der Waals surface area contributed by atoms with Gasteiger partial charge in [-0.3, -0.25) is 4.79 Å². The van der Waals surface area contributed by atoms with E-state index >= 15 is 0 Å². The van der Waals surface area contributed by atoms with Crippen LogP contribution in [0.15, 0.2) is 42.6 Å². The third kappa shape index (κ3) is 5.75. The topological polar surface area (TPSA) is 118 Å². The summed E-state index contributed by atoms with van der Waals surface area (Å²) < 4.78 is 38.0. The summed E-state index contributed by atoms with van der Waals surface area (Å²) >= 11 is 1.52. The minimum absolute atomic E-state index is 0.0317. The van der Waals surface area contributed by atoms with Crippen molar-refractivity contribution >= 4 is 27.3 Å². The Morgan fingerprint density at radius 1 is 1.31 bits per heavy atom. The van der Waals surface area contributed by atoms with E-state index in [0.717, 1.165) is 38.6 Å². The number of rotatable bonds is 9. The highest BCUT2D eigenvalue weighted by molar-refractivity contribution is 7.89. The van der Waals surface area contributed by atoms with Crippen LogP contribution in [0.1, 0.15) is 49.4 Å². The summed E-state index contributed by atoms with van der Waals surface area (Å²) in [7, 11) is -2.40. The van der Waals surface area contributed by atoms with Crippen LogP contribution in [0.3, 0.4) is 0 Å². The standard InChI is InChI=1S/C26H27N3O5S2/c1-16(2)34-23-10-7-17(13-18(23)14-27)26-28-15-24(35-26)21-6-4-5-20-19(21)8-9-22(20)29-36(31,32)12-11-25(30)33-3/h4-7,10,13,15-16,22,29H,8-9,11-12H2,1-3H3. The molecule has 0 saturated heterocycles. The summed E-state index contributed by atoms with van der Waals surface area (Å²) in [5, 5.41) is 10.3. The van der Waals surface area contributed by atoms with Gasteiger partial charge in [-0.25, -0.2) is 18.1 Å². The summed E-state index contributed by atoms with van der Waals surface area (Å²) in [5.41, 5.74) is 4.34. The van der Waals surface area contributed by atoms with Gasteiger partial charge in [-0.05, 0) is 61.6 Å². The Morgan fingerprint density at radius 2 is 2.11 bits per heavy atom. The highest BCUT2D eigenvalue weighted by Crippen LogP contribution is 2.41. The lowest BCUT2D eigenvalue weighted by atomic mass is 10.0. The van der Waals surface area contributed by atoms with Crippen LogP contribution in [-0.4, -0.2) is 38.3 Å². The van der Waals surface area contributed by atoms with Crippen molar-refractivity contribution in [1.82, 2.24) is 9.71 Å². The quantitative estimate of drug-likeness (QED) is 0.405. The predicted octanol–water partition coefficient (Wildman–Crippen LogP) is 4.61. The highest BCUT2D eigenvalue weighted by atomic mass is 32.2. The van der Waals surface area contributed by atoms with Gasteiger partial charge in [-0.15, -0.1) is 11.3 Å². The summed E-state index contributed by atoms with van der Waals surface area (Å²) in [6.45, 7) is 3.83. The molecule has 1 aliphatic rings. The van der Waals surface area contributed by atoms with Crippen molar-refractivity contribution in [3.05, 3.63) is 59.3 Å². The average molecular weight is 526 g/mol. The second-order valence-corrected chi connectivity index (χ2v) is 11.7. The maximum atomic E-state index is 12.5. The Balaban J connectivity index is 1.56. The van der Waals surface area contributed by atoms with E-state index in [-0.39, 0.29) is 24.3 Å². The number of sulfonamides is 1. The van der Waals surface area contributed by atoms with Crippen LogP contribution in [-0.2, 0) is 26.0 Å². The Morgan fingerprint density at radius 3 is 2.83 bits per heavy atom. The van der Waals surface area contributed by atoms with E-state index in [2.05, 4.69) is 20.5 Å². The second-order valence-electron chi connectivity index (χ2n) is 8.75. The molecule has 1 heterocycles. The van der Waals surface area contributed by atoms with E-state index in [9.17, 15) is 18.5 Å². The number of aromatic nitrogens is 1. The maximum absolute atomic E-state index is 12.5. The number of fused-ring (bicyclic) bond motifs is 1. The molecule has 8 nitrogen and oxygen atoms in total. The summed E-state index contributed by atoms with van der Waals surface area (Å²) in [5.74, 6) is -0.316. The van der Waals surface area contributed by atoms with E-state index in [1.165, 1.54) is 18.4 Å². The molecule has 1 N–H and O–H groups in total. The molecule has 0 bridgehead atoms. The molecule has 36 heavy (non-hydrogen) atoms. The van der Waals surface area contributed by atoms with Crippen molar-refractivity contribution < 1.29 is 22.7 Å². The molecule has 1 atom stereocenters. The zero-order valence-electron chi connectivity index (χ0n) is 20.3. The smallest absolute Gasteiger partial charge is 0.306 e. The lowest BCUT2D eigenvalue weighted by molar-refractivity contribution is -0.140. The van der Waals surface area contributed by atoms with Crippen molar-refractivity contribution in [2.45, 2.75) is 45.3 Å². The molecule has 0 fully saturated rings. The molecule has 1 unspecified atom stereocenters. The Kier molecular flexibility index (Phi) is 7.73. The fraction of sp³-hybridized carbons (Fsp3) is 0.346. The molecule has 4 rings (SSSR count). The van der Waals surface area contributed by atoms with Crippen LogP contribution in [0, 0.1) is 11.3 Å². The molecule has 0 spiro atoms. The second kappa shape index (κ2) is 10.8. The zero-order chi connectivity index (χ0) is 25.9. The third-order valence-corrected chi connectivity index (χ3v) is 8.34. The Labute approximate surface area is 215 Å². The van der Waals surface area contributed by atoms with Gasteiger partial charge < -0.3 is 9.47 Å². The highest BCUT2D eigenvalue weighted by Gasteiger charge is 2.29. The average Bonchev–Trinajstić information content (AvgIpc) is 3.50. The third-order valence-electron chi connectivity index (χ3n) is 5.88. The fourth-order valence-corrected chi connectivity index (χ4v) is 6.44. The van der Waals surface area contributed by atoms with Crippen LogP contribution >= 0.6 is 11.3 Å². The Hall–Kier alpha value is -3.26. The number of carbonyl (C=O) groups is 1. The first-order valence-electron chi connectivity index (χ1n) is 11.6. The van der Waals surface area contributed by atoms with Gasteiger partial charge in [0.25, 0.3) is 0 Å².